The van der Waals surface area contributed by atoms with E-state index in [1.165, 1.54) is 17.5 Å². The number of ether oxygens (including phenoxy) is 1. The molecule has 25 heavy (non-hydrogen) atoms. The van der Waals surface area contributed by atoms with Crippen LogP contribution in [0.25, 0.3) is 0 Å². The molecule has 0 radical (unpaired) electrons. The summed E-state index contributed by atoms with van der Waals surface area (Å²) < 4.78 is 4.89. The van der Waals surface area contributed by atoms with E-state index in [1.807, 2.05) is 18.4 Å². The minimum atomic E-state index is -0.563. The zero-order valence-corrected chi connectivity index (χ0v) is 14.5. The maximum atomic E-state index is 12.1. The normalized spacial score (nSPS) is 10.7. The van der Waals surface area contributed by atoms with Gasteiger partial charge in [-0.3, -0.25) is 4.79 Å². The molecule has 0 fully saturated rings. The highest BCUT2D eigenvalue weighted by Crippen LogP contribution is 2.15. The third kappa shape index (κ3) is 5.16. The van der Waals surface area contributed by atoms with Crippen molar-refractivity contribution in [3.05, 3.63) is 52.7 Å². The van der Waals surface area contributed by atoms with Gasteiger partial charge in [0.1, 0.15) is 11.6 Å². The molecule has 1 amide bonds. The fourth-order valence-corrected chi connectivity index (χ4v) is 2.46. The second-order valence-electron chi connectivity index (χ2n) is 4.86. The van der Waals surface area contributed by atoms with Crippen LogP contribution >= 0.6 is 11.3 Å². The number of nitrogens with zero attached hydrogens (tertiary/aromatic N) is 2. The van der Waals surface area contributed by atoms with Gasteiger partial charge in [0, 0.05) is 17.3 Å². The minimum Gasteiger partial charge on any atom is -0.462 e. The van der Waals surface area contributed by atoms with Crippen LogP contribution in [0.1, 0.15) is 23.0 Å². The monoisotopic (exact) mass is 356 g/mol. The minimum absolute atomic E-state index is 0.0951. The summed E-state index contributed by atoms with van der Waals surface area (Å²) in [5.41, 5.74) is 1.61. The highest BCUT2D eigenvalue weighted by molar-refractivity contribution is 7.13. The molecule has 2 rings (SSSR count). The third-order valence-corrected chi connectivity index (χ3v) is 3.87. The number of nitriles is 1. The predicted molar refractivity (Wildman–Crippen MR) is 95.2 cm³/mol. The van der Waals surface area contributed by atoms with Gasteiger partial charge >= 0.3 is 5.97 Å². The first-order valence-electron chi connectivity index (χ1n) is 7.41. The number of esters is 1. The van der Waals surface area contributed by atoms with Crippen LogP contribution < -0.4 is 10.6 Å². The number of benzene rings is 1. The zero-order valence-electron chi connectivity index (χ0n) is 13.7. The van der Waals surface area contributed by atoms with Crippen LogP contribution in [-0.4, -0.2) is 23.5 Å². The molecule has 0 bridgehead atoms. The smallest absolute Gasteiger partial charge is 0.338 e. The molecule has 7 nitrogen and oxygen atoms in total. The molecule has 8 heteroatoms. The van der Waals surface area contributed by atoms with E-state index < -0.39 is 11.9 Å². The van der Waals surface area contributed by atoms with Crippen LogP contribution in [0.15, 0.2) is 41.4 Å². The molecule has 0 saturated carbocycles. The summed E-state index contributed by atoms with van der Waals surface area (Å²) >= 11 is 1.37. The van der Waals surface area contributed by atoms with Crippen molar-refractivity contribution in [2.45, 2.75) is 13.8 Å². The lowest BCUT2D eigenvalue weighted by atomic mass is 10.2. The largest absolute Gasteiger partial charge is 0.462 e. The number of aromatic nitrogens is 1. The molecule has 2 N–H and O–H groups in total. The number of hydrogen-bond donors (Lipinski definition) is 2. The van der Waals surface area contributed by atoms with Crippen molar-refractivity contribution < 1.29 is 14.3 Å². The van der Waals surface area contributed by atoms with Gasteiger partial charge in [-0.25, -0.2) is 9.78 Å². The Balaban J connectivity index is 2.01. The van der Waals surface area contributed by atoms with Crippen LogP contribution in [0.4, 0.5) is 10.8 Å². The van der Waals surface area contributed by atoms with Crippen molar-refractivity contribution in [3.8, 4) is 6.07 Å². The number of carbonyl (C=O) groups excluding carboxylic acids is 2. The second-order valence-corrected chi connectivity index (χ2v) is 5.72. The molecule has 0 aliphatic heterocycles. The maximum Gasteiger partial charge on any atom is 0.338 e. The molecule has 2 aromatic rings. The molecule has 0 atom stereocenters. The van der Waals surface area contributed by atoms with E-state index in [9.17, 15) is 9.59 Å². The van der Waals surface area contributed by atoms with E-state index in [0.717, 1.165) is 5.69 Å². The average molecular weight is 356 g/mol. The number of hydrogen-bond acceptors (Lipinski definition) is 7. The Hall–Kier alpha value is -3.18. The van der Waals surface area contributed by atoms with Crippen LogP contribution in [0, 0.1) is 18.3 Å². The van der Waals surface area contributed by atoms with Crippen molar-refractivity contribution in [3.63, 3.8) is 0 Å². The topological polar surface area (TPSA) is 104 Å². The third-order valence-electron chi connectivity index (χ3n) is 2.98. The number of rotatable bonds is 6. The molecule has 0 aliphatic carbocycles. The fourth-order valence-electron chi connectivity index (χ4n) is 1.81. The summed E-state index contributed by atoms with van der Waals surface area (Å²) in [5, 5.41) is 17.0. The van der Waals surface area contributed by atoms with Gasteiger partial charge in [0.05, 0.1) is 17.9 Å². The SMILES string of the molecule is CCOC(=O)c1ccc(NC(=O)/C(C#N)=C\Nc2nc(C)cs2)cc1. The van der Waals surface area contributed by atoms with Crippen LogP contribution in [-0.2, 0) is 9.53 Å². The first-order valence-corrected chi connectivity index (χ1v) is 8.29. The van der Waals surface area contributed by atoms with E-state index in [0.29, 0.717) is 23.0 Å². The number of amides is 1. The summed E-state index contributed by atoms with van der Waals surface area (Å²) in [4.78, 5) is 27.9. The Morgan fingerprint density at radius 1 is 1.36 bits per heavy atom. The molecule has 0 unspecified atom stereocenters. The molecule has 0 aliphatic rings. The van der Waals surface area contributed by atoms with E-state index in [2.05, 4.69) is 15.6 Å². The number of nitrogens with one attached hydrogen (secondary N) is 2. The van der Waals surface area contributed by atoms with Gasteiger partial charge in [0.25, 0.3) is 5.91 Å². The Morgan fingerprint density at radius 3 is 2.64 bits per heavy atom. The lowest BCUT2D eigenvalue weighted by Gasteiger charge is -2.06. The molecule has 0 saturated heterocycles. The summed E-state index contributed by atoms with van der Waals surface area (Å²) in [5.74, 6) is -0.993. The van der Waals surface area contributed by atoms with Crippen LogP contribution in [0.2, 0.25) is 0 Å². The van der Waals surface area contributed by atoms with Crippen molar-refractivity contribution in [2.24, 2.45) is 0 Å². The molecule has 0 spiro atoms. The van der Waals surface area contributed by atoms with Gasteiger partial charge in [-0.15, -0.1) is 11.3 Å². The summed E-state index contributed by atoms with van der Waals surface area (Å²) in [6, 6.07) is 8.05. The van der Waals surface area contributed by atoms with Crippen molar-refractivity contribution in [2.75, 3.05) is 17.2 Å². The molecular formula is C17H16N4O3S. The Kier molecular flexibility index (Phi) is 6.26. The number of thiazole rings is 1. The number of carbonyl (C=O) groups is 2. The molecular weight excluding hydrogens is 340 g/mol. The average Bonchev–Trinajstić information content (AvgIpc) is 3.01. The van der Waals surface area contributed by atoms with Crippen LogP contribution in [0.5, 0.6) is 0 Å². The van der Waals surface area contributed by atoms with Gasteiger partial charge in [-0.05, 0) is 38.1 Å². The maximum absolute atomic E-state index is 12.1. The molecule has 1 aromatic heterocycles. The summed E-state index contributed by atoms with van der Waals surface area (Å²) in [6.07, 6.45) is 1.31. The Bertz CT molecular complexity index is 834. The van der Waals surface area contributed by atoms with Crippen molar-refractivity contribution >= 4 is 34.0 Å². The Morgan fingerprint density at radius 2 is 2.08 bits per heavy atom. The highest BCUT2D eigenvalue weighted by atomic mass is 32.1. The molecule has 128 valence electrons. The Labute approximate surface area is 149 Å². The first kappa shape index (κ1) is 18.2. The number of anilines is 2. The van der Waals surface area contributed by atoms with E-state index in [-0.39, 0.29) is 5.57 Å². The van der Waals surface area contributed by atoms with E-state index >= 15 is 0 Å². The first-order chi connectivity index (χ1) is 12.0. The standard InChI is InChI=1S/C17H16N4O3S/c1-3-24-16(23)12-4-6-14(7-5-12)21-15(22)13(8-18)9-19-17-20-11(2)10-25-17/h4-7,9-10H,3H2,1-2H3,(H,19,20)(H,21,22)/b13-9-. The summed E-state index contributed by atoms with van der Waals surface area (Å²) in [6.45, 7) is 3.87. The predicted octanol–water partition coefficient (Wildman–Crippen LogP) is 3.09. The van der Waals surface area contributed by atoms with Gasteiger partial charge < -0.3 is 15.4 Å². The highest BCUT2D eigenvalue weighted by Gasteiger charge is 2.11. The van der Waals surface area contributed by atoms with Gasteiger partial charge in [0.15, 0.2) is 5.13 Å². The summed E-state index contributed by atoms with van der Waals surface area (Å²) in [7, 11) is 0. The van der Waals surface area contributed by atoms with Crippen molar-refractivity contribution in [1.82, 2.24) is 4.98 Å². The zero-order chi connectivity index (χ0) is 18.2. The van der Waals surface area contributed by atoms with E-state index in [4.69, 9.17) is 10.00 Å². The fraction of sp³-hybridized carbons (Fsp3) is 0.176. The quantitative estimate of drug-likeness (QED) is 0.468. The second kappa shape index (κ2) is 8.61. The molecule has 1 aromatic carbocycles. The van der Waals surface area contributed by atoms with Crippen molar-refractivity contribution in [1.29, 1.82) is 5.26 Å². The van der Waals surface area contributed by atoms with Crippen LogP contribution in [0.3, 0.4) is 0 Å². The van der Waals surface area contributed by atoms with Gasteiger partial charge in [-0.2, -0.15) is 5.26 Å². The lowest BCUT2D eigenvalue weighted by Crippen LogP contribution is -2.14. The van der Waals surface area contributed by atoms with Gasteiger partial charge in [-0.1, -0.05) is 0 Å². The van der Waals surface area contributed by atoms with Gasteiger partial charge in [0.2, 0.25) is 0 Å². The molecule has 1 heterocycles. The van der Waals surface area contributed by atoms with E-state index in [1.54, 1.807) is 31.2 Å². The lowest BCUT2D eigenvalue weighted by molar-refractivity contribution is -0.112. The number of aryl methyl sites for hydroxylation is 1.